The van der Waals surface area contributed by atoms with E-state index in [1.807, 2.05) is 0 Å². The number of hydrogen-bond acceptors (Lipinski definition) is 2. The lowest BCUT2D eigenvalue weighted by atomic mass is 9.49. The van der Waals surface area contributed by atoms with Crippen LogP contribution in [0.3, 0.4) is 0 Å². The summed E-state index contributed by atoms with van der Waals surface area (Å²) in [6.07, 6.45) is 7.15. The summed E-state index contributed by atoms with van der Waals surface area (Å²) in [5.41, 5.74) is 0.268. The van der Waals surface area contributed by atoms with Gasteiger partial charge in [-0.05, 0) is 74.5 Å². The highest BCUT2D eigenvalue weighted by Crippen LogP contribution is 2.60. The molecule has 4 saturated carbocycles. The zero-order valence-electron chi connectivity index (χ0n) is 14.7. The molecule has 0 spiro atoms. The molecule has 4 bridgehead atoms. The summed E-state index contributed by atoms with van der Waals surface area (Å²) >= 11 is 5.71. The minimum atomic E-state index is -0.521. The quantitative estimate of drug-likeness (QED) is 0.809. The first-order chi connectivity index (χ1) is 12.4. The summed E-state index contributed by atoms with van der Waals surface area (Å²) < 4.78 is 13.1. The van der Waals surface area contributed by atoms with Crippen LogP contribution in [0.4, 0.5) is 10.1 Å². The van der Waals surface area contributed by atoms with E-state index >= 15 is 0 Å². The molecule has 4 fully saturated rings. The van der Waals surface area contributed by atoms with Gasteiger partial charge in [0.25, 0.3) is 0 Å². The molecule has 1 aromatic rings. The number of amides is 2. The third kappa shape index (κ3) is 3.46. The van der Waals surface area contributed by atoms with Gasteiger partial charge in [0.05, 0.1) is 5.02 Å². The summed E-state index contributed by atoms with van der Waals surface area (Å²) in [5.74, 6) is 1.55. The number of carbonyl (C=O) groups excluding carboxylic acids is 2. The summed E-state index contributed by atoms with van der Waals surface area (Å²) in [4.78, 5) is 24.9. The first kappa shape index (κ1) is 17.8. The highest BCUT2D eigenvalue weighted by molar-refractivity contribution is 6.31. The minimum Gasteiger partial charge on any atom is -0.355 e. The molecule has 4 aliphatic rings. The molecule has 6 heteroatoms. The molecule has 2 amide bonds. The number of halogens is 2. The Hall–Kier alpha value is -1.62. The molecule has 0 aliphatic heterocycles. The van der Waals surface area contributed by atoms with E-state index in [0.29, 0.717) is 12.2 Å². The number of nitrogens with one attached hydrogen (secondary N) is 2. The van der Waals surface area contributed by atoms with Crippen LogP contribution in [-0.2, 0) is 9.59 Å². The zero-order chi connectivity index (χ0) is 18.3. The lowest BCUT2D eigenvalue weighted by Gasteiger charge is -2.55. The first-order valence-corrected chi connectivity index (χ1v) is 9.84. The van der Waals surface area contributed by atoms with Crippen molar-refractivity contribution in [1.29, 1.82) is 0 Å². The van der Waals surface area contributed by atoms with Gasteiger partial charge in [0.15, 0.2) is 0 Å². The van der Waals surface area contributed by atoms with Gasteiger partial charge < -0.3 is 10.6 Å². The van der Waals surface area contributed by atoms with E-state index in [1.165, 1.54) is 37.5 Å². The SMILES string of the molecule is O=C(CCNC(=O)C12CC3CC(CC(C3)C1)C2)Nc1ccc(F)c(Cl)c1. The lowest BCUT2D eigenvalue weighted by Crippen LogP contribution is -2.53. The lowest BCUT2D eigenvalue weighted by molar-refractivity contribution is -0.146. The maximum atomic E-state index is 13.1. The monoisotopic (exact) mass is 378 g/mol. The first-order valence-electron chi connectivity index (χ1n) is 9.47. The zero-order valence-corrected chi connectivity index (χ0v) is 15.4. The third-order valence-electron chi connectivity index (χ3n) is 6.36. The van der Waals surface area contributed by atoms with Crippen molar-refractivity contribution in [1.82, 2.24) is 5.32 Å². The van der Waals surface area contributed by atoms with Gasteiger partial charge in [0.1, 0.15) is 5.82 Å². The van der Waals surface area contributed by atoms with Crippen molar-refractivity contribution in [3.8, 4) is 0 Å². The number of rotatable bonds is 5. The highest BCUT2D eigenvalue weighted by atomic mass is 35.5. The largest absolute Gasteiger partial charge is 0.355 e. The number of anilines is 1. The van der Waals surface area contributed by atoms with E-state index in [0.717, 1.165) is 37.0 Å². The summed E-state index contributed by atoms with van der Waals surface area (Å²) in [5, 5.41) is 5.64. The third-order valence-corrected chi connectivity index (χ3v) is 6.65. The van der Waals surface area contributed by atoms with Crippen LogP contribution in [0.1, 0.15) is 44.9 Å². The Bertz CT molecular complexity index is 701. The van der Waals surface area contributed by atoms with Gasteiger partial charge >= 0.3 is 0 Å². The van der Waals surface area contributed by atoms with E-state index in [2.05, 4.69) is 10.6 Å². The maximum absolute atomic E-state index is 13.1. The van der Waals surface area contributed by atoms with Gasteiger partial charge in [-0.15, -0.1) is 0 Å². The van der Waals surface area contributed by atoms with Gasteiger partial charge in [-0.25, -0.2) is 4.39 Å². The van der Waals surface area contributed by atoms with E-state index in [1.54, 1.807) is 0 Å². The second kappa shape index (κ2) is 6.84. The van der Waals surface area contributed by atoms with E-state index in [9.17, 15) is 14.0 Å². The molecule has 0 aromatic heterocycles. The Labute approximate surface area is 157 Å². The fourth-order valence-electron chi connectivity index (χ4n) is 5.66. The second-order valence-corrected chi connectivity index (χ2v) is 8.79. The van der Waals surface area contributed by atoms with Crippen LogP contribution in [-0.4, -0.2) is 18.4 Å². The van der Waals surface area contributed by atoms with Crippen molar-refractivity contribution in [2.24, 2.45) is 23.2 Å². The molecule has 2 N–H and O–H groups in total. The topological polar surface area (TPSA) is 58.2 Å². The van der Waals surface area contributed by atoms with Crippen molar-refractivity contribution < 1.29 is 14.0 Å². The maximum Gasteiger partial charge on any atom is 0.226 e. The molecule has 4 nitrogen and oxygen atoms in total. The molecule has 0 saturated heterocycles. The Kier molecular flexibility index (Phi) is 4.68. The van der Waals surface area contributed by atoms with Crippen LogP contribution in [0.25, 0.3) is 0 Å². The molecule has 5 rings (SSSR count). The Balaban J connectivity index is 1.27. The van der Waals surface area contributed by atoms with Crippen molar-refractivity contribution >= 4 is 29.1 Å². The predicted molar refractivity (Wildman–Crippen MR) is 98.3 cm³/mol. The summed E-state index contributed by atoms with van der Waals surface area (Å²) in [6.45, 7) is 0.321. The number of benzene rings is 1. The standard InChI is InChI=1S/C20H24ClFN2O2/c21-16-8-15(1-2-17(16)22)24-18(25)3-4-23-19(26)20-9-12-5-13(10-20)7-14(6-12)11-20/h1-2,8,12-14H,3-7,9-11H2,(H,23,26)(H,24,25). The van der Waals surface area contributed by atoms with E-state index < -0.39 is 5.82 Å². The smallest absolute Gasteiger partial charge is 0.226 e. The van der Waals surface area contributed by atoms with Crippen molar-refractivity contribution in [2.75, 3.05) is 11.9 Å². The molecule has 0 unspecified atom stereocenters. The Morgan fingerprint density at radius 3 is 2.31 bits per heavy atom. The minimum absolute atomic E-state index is 0.0297. The average Bonchev–Trinajstić information content (AvgIpc) is 2.57. The van der Waals surface area contributed by atoms with E-state index in [-0.39, 0.29) is 28.7 Å². The molecule has 0 radical (unpaired) electrons. The van der Waals surface area contributed by atoms with Crippen molar-refractivity contribution in [3.05, 3.63) is 29.0 Å². The molecule has 0 atom stereocenters. The highest BCUT2D eigenvalue weighted by Gasteiger charge is 2.54. The fraction of sp³-hybridized carbons (Fsp3) is 0.600. The fourth-order valence-corrected chi connectivity index (χ4v) is 5.84. The average molecular weight is 379 g/mol. The molecule has 1 aromatic carbocycles. The normalized spacial score (nSPS) is 31.7. The molecule has 0 heterocycles. The van der Waals surface area contributed by atoms with Gasteiger partial charge in [-0.2, -0.15) is 0 Å². The van der Waals surface area contributed by atoms with E-state index in [4.69, 9.17) is 11.6 Å². The van der Waals surface area contributed by atoms with Crippen molar-refractivity contribution in [2.45, 2.75) is 44.9 Å². The van der Waals surface area contributed by atoms with Crippen LogP contribution in [0.2, 0.25) is 5.02 Å². The van der Waals surface area contributed by atoms with Gasteiger partial charge in [-0.3, -0.25) is 9.59 Å². The molecule has 26 heavy (non-hydrogen) atoms. The van der Waals surface area contributed by atoms with Gasteiger partial charge in [-0.1, -0.05) is 11.6 Å². The summed E-state index contributed by atoms with van der Waals surface area (Å²) in [6, 6.07) is 4.06. The number of carbonyl (C=O) groups is 2. The Morgan fingerprint density at radius 2 is 1.73 bits per heavy atom. The van der Waals surface area contributed by atoms with Crippen LogP contribution < -0.4 is 10.6 Å². The van der Waals surface area contributed by atoms with Gasteiger partial charge in [0.2, 0.25) is 11.8 Å². The van der Waals surface area contributed by atoms with Crippen LogP contribution in [0.15, 0.2) is 18.2 Å². The second-order valence-electron chi connectivity index (χ2n) is 8.38. The predicted octanol–water partition coefficient (Wildman–Crippen LogP) is 4.14. The van der Waals surface area contributed by atoms with Crippen LogP contribution in [0.5, 0.6) is 0 Å². The Morgan fingerprint density at radius 1 is 1.12 bits per heavy atom. The summed E-state index contributed by atoms with van der Waals surface area (Å²) in [7, 11) is 0. The van der Waals surface area contributed by atoms with Crippen molar-refractivity contribution in [3.63, 3.8) is 0 Å². The van der Waals surface area contributed by atoms with Gasteiger partial charge in [0, 0.05) is 24.1 Å². The van der Waals surface area contributed by atoms with Crippen LogP contribution in [0, 0.1) is 29.0 Å². The molecule has 140 valence electrons. The van der Waals surface area contributed by atoms with Crippen LogP contribution >= 0.6 is 11.6 Å². The molecule has 4 aliphatic carbocycles. The number of hydrogen-bond donors (Lipinski definition) is 2. The molecular formula is C20H24ClFN2O2. The molecular weight excluding hydrogens is 355 g/mol.